The molecule has 68 valence electrons. The van der Waals surface area contributed by atoms with E-state index < -0.39 is 23.4 Å². The van der Waals surface area contributed by atoms with Crippen molar-refractivity contribution in [2.75, 3.05) is 0 Å². The first-order chi connectivity index (χ1) is 6.07. The molecule has 1 aromatic rings. The molecule has 0 saturated carbocycles. The summed E-state index contributed by atoms with van der Waals surface area (Å²) in [5.41, 5.74) is -1.36. The van der Waals surface area contributed by atoms with E-state index in [0.717, 1.165) is 0 Å². The smallest absolute Gasteiger partial charge is 0.247 e. The number of pyridine rings is 1. The summed E-state index contributed by atoms with van der Waals surface area (Å²) in [6.45, 7) is 0. The molecule has 13 heavy (non-hydrogen) atoms. The fourth-order valence-electron chi connectivity index (χ4n) is 0.730. The Balaban J connectivity index is 3.38. The predicted octanol–water partition coefficient (Wildman–Crippen LogP) is 2.79. The third kappa shape index (κ3) is 1.80. The quantitative estimate of drug-likeness (QED) is 0.719. The van der Waals surface area contributed by atoms with E-state index >= 15 is 0 Å². The molecular weight excluding hydrogens is 249 g/mol. The molecule has 1 aromatic heterocycles. The molecule has 0 fully saturated rings. The molecule has 0 aromatic carbocycles. The minimum atomic E-state index is -2.97. The van der Waals surface area contributed by atoms with E-state index in [1.807, 2.05) is 0 Å². The summed E-state index contributed by atoms with van der Waals surface area (Å²) in [5.74, 6) is -1.22. The van der Waals surface area contributed by atoms with Crippen LogP contribution in [0.2, 0.25) is 0 Å². The summed E-state index contributed by atoms with van der Waals surface area (Å²) in [7, 11) is 0. The largest absolute Gasteiger partial charge is 0.268 e. The lowest BCUT2D eigenvalue weighted by Crippen LogP contribution is -1.97. The molecule has 6 heteroatoms. The van der Waals surface area contributed by atoms with Crippen molar-refractivity contribution >= 4 is 15.9 Å². The maximum absolute atomic E-state index is 13.0. The van der Waals surface area contributed by atoms with Gasteiger partial charge in [0, 0.05) is 6.20 Å². The van der Waals surface area contributed by atoms with Gasteiger partial charge in [0.05, 0.1) is 5.56 Å². The van der Waals surface area contributed by atoms with Gasteiger partial charge in [-0.05, 0) is 15.9 Å². The van der Waals surface area contributed by atoms with Crippen molar-refractivity contribution in [2.45, 2.75) is 6.43 Å². The molecule has 0 aliphatic heterocycles. The molecule has 0 N–H and O–H groups in total. The fraction of sp³-hybridized carbons (Fsp3) is 0.143. The molecule has 0 atom stereocenters. The van der Waals surface area contributed by atoms with E-state index in [2.05, 4.69) is 20.9 Å². The molecule has 0 unspecified atom stereocenters. The van der Waals surface area contributed by atoms with E-state index in [-0.39, 0.29) is 4.60 Å². The zero-order chi connectivity index (χ0) is 10.0. The first-order valence-corrected chi connectivity index (χ1v) is 3.89. The van der Waals surface area contributed by atoms with E-state index in [4.69, 9.17) is 5.26 Å². The zero-order valence-electron chi connectivity index (χ0n) is 6.06. The highest BCUT2D eigenvalue weighted by Crippen LogP contribution is 2.26. The molecule has 0 bridgehead atoms. The number of nitrogens with zero attached hydrogens (tertiary/aromatic N) is 2. The minimum absolute atomic E-state index is 0.0723. The lowest BCUT2D eigenvalue weighted by molar-refractivity contribution is 0.145. The van der Waals surface area contributed by atoms with Gasteiger partial charge in [0.25, 0.3) is 6.43 Å². The normalized spacial score (nSPS) is 10.2. The molecule has 1 rings (SSSR count). The summed E-state index contributed by atoms with van der Waals surface area (Å²) in [5, 5.41) is 8.40. The van der Waals surface area contributed by atoms with Gasteiger partial charge in [0.2, 0.25) is 0 Å². The van der Waals surface area contributed by atoms with Crippen molar-refractivity contribution < 1.29 is 13.2 Å². The Bertz CT molecular complexity index is 373. The molecule has 2 nitrogen and oxygen atoms in total. The lowest BCUT2D eigenvalue weighted by Gasteiger charge is -2.02. The van der Waals surface area contributed by atoms with Crippen LogP contribution in [0.4, 0.5) is 13.2 Å². The number of rotatable bonds is 1. The summed E-state index contributed by atoms with van der Waals surface area (Å²) >= 11 is 2.77. The van der Waals surface area contributed by atoms with Crippen LogP contribution >= 0.6 is 15.9 Å². The summed E-state index contributed by atoms with van der Waals surface area (Å²) in [4.78, 5) is 3.41. The van der Waals surface area contributed by atoms with Gasteiger partial charge < -0.3 is 0 Å². The molecule has 0 aliphatic carbocycles. The highest BCUT2D eigenvalue weighted by molar-refractivity contribution is 9.10. The van der Waals surface area contributed by atoms with Crippen LogP contribution in [0.5, 0.6) is 0 Å². The average Bonchev–Trinajstić information content (AvgIpc) is 2.04. The second kappa shape index (κ2) is 3.75. The number of nitriles is 1. The van der Waals surface area contributed by atoms with Crippen LogP contribution in [0.3, 0.4) is 0 Å². The fourth-order valence-corrected chi connectivity index (χ4v) is 1.09. The van der Waals surface area contributed by atoms with E-state index in [9.17, 15) is 13.2 Å². The summed E-state index contributed by atoms with van der Waals surface area (Å²) in [6.07, 6.45) is -2.27. The van der Waals surface area contributed by atoms with Crippen molar-refractivity contribution in [3.05, 3.63) is 27.7 Å². The van der Waals surface area contributed by atoms with Crippen LogP contribution in [0.1, 0.15) is 17.6 Å². The van der Waals surface area contributed by atoms with Crippen molar-refractivity contribution in [3.8, 4) is 6.07 Å². The lowest BCUT2D eigenvalue weighted by atomic mass is 10.2. The van der Waals surface area contributed by atoms with Crippen LogP contribution < -0.4 is 0 Å². The third-order valence-corrected chi connectivity index (χ3v) is 1.94. The zero-order valence-corrected chi connectivity index (χ0v) is 7.65. The Morgan fingerprint density at radius 3 is 2.62 bits per heavy atom. The van der Waals surface area contributed by atoms with Crippen LogP contribution in [0.15, 0.2) is 10.8 Å². The first kappa shape index (κ1) is 9.99. The van der Waals surface area contributed by atoms with Gasteiger partial charge in [0.15, 0.2) is 5.82 Å². The van der Waals surface area contributed by atoms with Gasteiger partial charge in [0.1, 0.15) is 16.2 Å². The number of hydrogen-bond donors (Lipinski definition) is 0. The van der Waals surface area contributed by atoms with Gasteiger partial charge in [-0.25, -0.2) is 18.2 Å². The molecule has 0 amide bonds. The van der Waals surface area contributed by atoms with Crippen molar-refractivity contribution in [1.82, 2.24) is 4.98 Å². The summed E-state index contributed by atoms with van der Waals surface area (Å²) in [6, 6.07) is 1.44. The van der Waals surface area contributed by atoms with E-state index in [1.165, 1.54) is 6.07 Å². The van der Waals surface area contributed by atoms with Crippen molar-refractivity contribution in [2.24, 2.45) is 0 Å². The Hall–Kier alpha value is -1.09. The average molecular weight is 251 g/mol. The standard InChI is InChI=1S/C7H2BrF3N2/c8-6-3(1-12)5(9)4(2-13-6)7(10)11/h2,7H. The van der Waals surface area contributed by atoms with Crippen LogP contribution in [-0.2, 0) is 0 Å². The Labute approximate surface area is 80.1 Å². The van der Waals surface area contributed by atoms with Crippen LogP contribution in [0.25, 0.3) is 0 Å². The highest BCUT2D eigenvalue weighted by atomic mass is 79.9. The minimum Gasteiger partial charge on any atom is -0.247 e. The van der Waals surface area contributed by atoms with Gasteiger partial charge in [-0.2, -0.15) is 5.26 Å². The van der Waals surface area contributed by atoms with E-state index in [1.54, 1.807) is 0 Å². The Kier molecular flexibility index (Phi) is 2.88. The number of aromatic nitrogens is 1. The highest BCUT2D eigenvalue weighted by Gasteiger charge is 2.19. The van der Waals surface area contributed by atoms with E-state index in [0.29, 0.717) is 6.20 Å². The molecule has 0 radical (unpaired) electrons. The molecular formula is C7H2BrF3N2. The van der Waals surface area contributed by atoms with Gasteiger partial charge in [-0.3, -0.25) is 0 Å². The number of hydrogen-bond acceptors (Lipinski definition) is 2. The molecule has 1 heterocycles. The summed E-state index contributed by atoms with van der Waals surface area (Å²) < 4.78 is 37.1. The second-order valence-corrected chi connectivity index (χ2v) is 2.86. The maximum Gasteiger partial charge on any atom is 0.268 e. The predicted molar refractivity (Wildman–Crippen MR) is 41.6 cm³/mol. The second-order valence-electron chi connectivity index (χ2n) is 2.11. The number of halogens is 4. The topological polar surface area (TPSA) is 36.7 Å². The van der Waals surface area contributed by atoms with Crippen molar-refractivity contribution in [1.29, 1.82) is 5.26 Å². The first-order valence-electron chi connectivity index (χ1n) is 3.10. The Morgan fingerprint density at radius 1 is 1.54 bits per heavy atom. The Morgan fingerprint density at radius 2 is 2.15 bits per heavy atom. The molecule has 0 aliphatic rings. The molecule has 0 saturated heterocycles. The van der Waals surface area contributed by atoms with Gasteiger partial charge in [-0.1, -0.05) is 0 Å². The van der Waals surface area contributed by atoms with Gasteiger partial charge >= 0.3 is 0 Å². The van der Waals surface area contributed by atoms with Crippen molar-refractivity contribution in [3.63, 3.8) is 0 Å². The SMILES string of the molecule is N#Cc1c(Br)ncc(C(F)F)c1F. The monoisotopic (exact) mass is 250 g/mol. The van der Waals surface area contributed by atoms with Crippen LogP contribution in [-0.4, -0.2) is 4.98 Å². The van der Waals surface area contributed by atoms with Crippen LogP contribution in [0, 0.1) is 17.1 Å². The molecule has 0 spiro atoms. The van der Waals surface area contributed by atoms with Gasteiger partial charge in [-0.15, -0.1) is 0 Å². The third-order valence-electron chi connectivity index (χ3n) is 1.34. The number of alkyl halides is 2. The maximum atomic E-state index is 13.0.